The van der Waals surface area contributed by atoms with Crippen molar-refractivity contribution in [2.75, 3.05) is 13.1 Å². The van der Waals surface area contributed by atoms with Crippen molar-refractivity contribution < 1.29 is 19.1 Å². The molecule has 0 spiro atoms. The van der Waals surface area contributed by atoms with Gasteiger partial charge in [-0.15, -0.1) is 0 Å². The van der Waals surface area contributed by atoms with Gasteiger partial charge in [0.25, 0.3) is 0 Å². The third-order valence-corrected chi connectivity index (χ3v) is 4.26. The second-order valence-electron chi connectivity index (χ2n) is 6.51. The average molecular weight is 331 g/mol. The van der Waals surface area contributed by atoms with Gasteiger partial charge < -0.3 is 14.8 Å². The van der Waals surface area contributed by atoms with Gasteiger partial charge in [0.05, 0.1) is 0 Å². The highest BCUT2D eigenvalue weighted by atomic mass is 16.6. The van der Waals surface area contributed by atoms with E-state index in [1.807, 2.05) is 19.9 Å². The Kier molecular flexibility index (Phi) is 6.15. The molecular weight excluding hydrogens is 306 g/mol. The fourth-order valence-electron chi connectivity index (χ4n) is 2.92. The molecule has 0 bridgehead atoms. The van der Waals surface area contributed by atoms with Gasteiger partial charge in [0.1, 0.15) is 11.4 Å². The number of rotatable bonds is 5. The summed E-state index contributed by atoms with van der Waals surface area (Å²) >= 11 is 0. The van der Waals surface area contributed by atoms with Crippen LogP contribution in [0.25, 0.3) is 6.08 Å². The summed E-state index contributed by atoms with van der Waals surface area (Å²) in [5, 5.41) is 3.31. The summed E-state index contributed by atoms with van der Waals surface area (Å²) in [5.41, 5.74) is 0.156. The Morgan fingerprint density at radius 3 is 2.54 bits per heavy atom. The van der Waals surface area contributed by atoms with Crippen LogP contribution in [0.15, 0.2) is 30.3 Å². The highest BCUT2D eigenvalue weighted by Crippen LogP contribution is 2.29. The van der Waals surface area contributed by atoms with Gasteiger partial charge in [-0.3, -0.25) is 4.79 Å². The van der Waals surface area contributed by atoms with Crippen molar-refractivity contribution in [3.63, 3.8) is 0 Å². The first-order valence-electron chi connectivity index (χ1n) is 8.28. The van der Waals surface area contributed by atoms with E-state index in [9.17, 15) is 9.59 Å². The second-order valence-corrected chi connectivity index (χ2v) is 6.51. The summed E-state index contributed by atoms with van der Waals surface area (Å²) in [7, 11) is 0. The molecule has 5 heteroatoms. The zero-order chi connectivity index (χ0) is 17.6. The second kappa shape index (κ2) is 8.11. The van der Waals surface area contributed by atoms with E-state index in [1.54, 1.807) is 24.3 Å². The quantitative estimate of drug-likeness (QED) is 0.510. The molecule has 1 heterocycles. The van der Waals surface area contributed by atoms with Crippen LogP contribution in [0.4, 0.5) is 0 Å². The molecule has 0 aromatic heterocycles. The van der Waals surface area contributed by atoms with E-state index < -0.39 is 17.5 Å². The van der Waals surface area contributed by atoms with Crippen LogP contribution in [-0.4, -0.2) is 30.6 Å². The Morgan fingerprint density at radius 1 is 1.21 bits per heavy atom. The molecule has 0 saturated carbocycles. The van der Waals surface area contributed by atoms with E-state index in [0.29, 0.717) is 17.2 Å². The first-order valence-corrected chi connectivity index (χ1v) is 8.28. The summed E-state index contributed by atoms with van der Waals surface area (Å²) in [4.78, 5) is 23.3. The molecule has 0 unspecified atom stereocenters. The first-order chi connectivity index (χ1) is 11.4. The van der Waals surface area contributed by atoms with E-state index >= 15 is 0 Å². The maximum Gasteiger partial charge on any atom is 0.331 e. The van der Waals surface area contributed by atoms with Crippen LogP contribution < -0.4 is 10.1 Å². The van der Waals surface area contributed by atoms with Gasteiger partial charge in [-0.25, -0.2) is 4.79 Å². The van der Waals surface area contributed by atoms with Crippen molar-refractivity contribution in [3.8, 4) is 5.75 Å². The van der Waals surface area contributed by atoms with Crippen LogP contribution in [-0.2, 0) is 14.3 Å². The van der Waals surface area contributed by atoms with Gasteiger partial charge in [-0.05, 0) is 51.9 Å². The molecule has 0 radical (unpaired) electrons. The van der Waals surface area contributed by atoms with Crippen LogP contribution in [0.3, 0.4) is 0 Å². The Labute approximate surface area is 143 Å². The predicted molar refractivity (Wildman–Crippen MR) is 92.5 cm³/mol. The summed E-state index contributed by atoms with van der Waals surface area (Å²) in [6.45, 7) is 7.17. The normalized spacial score (nSPS) is 16.1. The summed E-state index contributed by atoms with van der Waals surface area (Å²) < 4.78 is 10.8. The largest absolute Gasteiger partial charge is 0.456 e. The van der Waals surface area contributed by atoms with Gasteiger partial charge in [-0.2, -0.15) is 0 Å². The number of hydrogen-bond acceptors (Lipinski definition) is 5. The lowest BCUT2D eigenvalue weighted by Gasteiger charge is -2.36. The van der Waals surface area contributed by atoms with Crippen molar-refractivity contribution in [1.82, 2.24) is 5.32 Å². The molecule has 1 saturated heterocycles. The van der Waals surface area contributed by atoms with E-state index in [1.165, 1.54) is 13.0 Å². The zero-order valence-electron chi connectivity index (χ0n) is 14.5. The molecule has 0 amide bonds. The number of carbonyl (C=O) groups is 2. The molecule has 5 nitrogen and oxygen atoms in total. The molecule has 1 fully saturated rings. The van der Waals surface area contributed by atoms with E-state index in [0.717, 1.165) is 25.9 Å². The minimum atomic E-state index is -0.501. The van der Waals surface area contributed by atoms with Crippen molar-refractivity contribution in [2.24, 2.45) is 5.92 Å². The minimum absolute atomic E-state index is 0.351. The third kappa shape index (κ3) is 5.20. The van der Waals surface area contributed by atoms with Crippen LogP contribution in [0, 0.1) is 5.92 Å². The zero-order valence-corrected chi connectivity index (χ0v) is 14.5. The predicted octanol–water partition coefficient (Wildman–Crippen LogP) is 2.95. The van der Waals surface area contributed by atoms with Gasteiger partial charge in [0, 0.05) is 24.5 Å². The van der Waals surface area contributed by atoms with Gasteiger partial charge in [-0.1, -0.05) is 18.2 Å². The van der Waals surface area contributed by atoms with Crippen LogP contribution in [0.5, 0.6) is 5.75 Å². The van der Waals surface area contributed by atoms with Crippen molar-refractivity contribution >= 4 is 18.0 Å². The number of hydrogen-bond donors (Lipinski definition) is 1. The maximum atomic E-state index is 12.2. The smallest absolute Gasteiger partial charge is 0.331 e. The number of carbonyl (C=O) groups excluding carboxylic acids is 2. The highest BCUT2D eigenvalue weighted by Gasteiger charge is 2.33. The molecular formula is C19H25NO4. The fraction of sp³-hybridized carbons (Fsp3) is 0.474. The monoisotopic (exact) mass is 331 g/mol. The van der Waals surface area contributed by atoms with Crippen molar-refractivity contribution in [1.29, 1.82) is 0 Å². The molecule has 2 rings (SSSR count). The molecule has 1 aliphatic heterocycles. The first kappa shape index (κ1) is 18.2. The lowest BCUT2D eigenvalue weighted by atomic mass is 9.83. The standard InChI is InChI=1S/C19H25NO4/c1-14(21)23-17-7-5-4-6-15(17)8-9-18(22)24-19(2,3)16-10-12-20-13-11-16/h4-9,16,20H,10-13H2,1-3H3/b9-8+. The lowest BCUT2D eigenvalue weighted by Crippen LogP contribution is -2.42. The molecule has 1 aromatic carbocycles. The Bertz CT molecular complexity index is 616. The maximum absolute atomic E-state index is 12.2. The number of benzene rings is 1. The molecule has 0 aliphatic carbocycles. The summed E-state index contributed by atoms with van der Waals surface area (Å²) in [6.07, 6.45) is 4.99. The van der Waals surface area contributed by atoms with Crippen LogP contribution >= 0.6 is 0 Å². The Hall–Kier alpha value is -2.14. The molecule has 0 atom stereocenters. The Morgan fingerprint density at radius 2 is 1.88 bits per heavy atom. The van der Waals surface area contributed by atoms with Gasteiger partial charge >= 0.3 is 11.9 Å². The molecule has 130 valence electrons. The lowest BCUT2D eigenvalue weighted by molar-refractivity contribution is -0.156. The number of esters is 2. The van der Waals surface area contributed by atoms with Crippen LogP contribution in [0.1, 0.15) is 39.2 Å². The van der Waals surface area contributed by atoms with E-state index in [2.05, 4.69) is 5.32 Å². The minimum Gasteiger partial charge on any atom is -0.456 e. The number of para-hydroxylation sites is 1. The third-order valence-electron chi connectivity index (χ3n) is 4.26. The molecule has 1 aliphatic rings. The van der Waals surface area contributed by atoms with Gasteiger partial charge in [0.2, 0.25) is 0 Å². The Balaban J connectivity index is 2.01. The highest BCUT2D eigenvalue weighted by molar-refractivity contribution is 5.88. The molecule has 1 aromatic rings. The van der Waals surface area contributed by atoms with E-state index in [4.69, 9.17) is 9.47 Å². The van der Waals surface area contributed by atoms with Gasteiger partial charge in [0.15, 0.2) is 0 Å². The number of piperidine rings is 1. The van der Waals surface area contributed by atoms with Crippen molar-refractivity contribution in [2.45, 2.75) is 39.2 Å². The topological polar surface area (TPSA) is 64.6 Å². The van der Waals surface area contributed by atoms with E-state index in [-0.39, 0.29) is 0 Å². The van der Waals surface area contributed by atoms with Crippen LogP contribution in [0.2, 0.25) is 0 Å². The number of ether oxygens (including phenoxy) is 2. The summed E-state index contributed by atoms with van der Waals surface area (Å²) in [5.74, 6) is -0.0160. The SMILES string of the molecule is CC(=O)Oc1ccccc1/C=C/C(=O)OC(C)(C)C1CCNCC1. The summed E-state index contributed by atoms with van der Waals surface area (Å²) in [6, 6.07) is 7.05. The number of nitrogens with one attached hydrogen (secondary N) is 1. The fourth-order valence-corrected chi connectivity index (χ4v) is 2.92. The average Bonchev–Trinajstić information content (AvgIpc) is 2.54. The molecule has 24 heavy (non-hydrogen) atoms. The van der Waals surface area contributed by atoms with Crippen molar-refractivity contribution in [3.05, 3.63) is 35.9 Å². The molecule has 1 N–H and O–H groups in total.